The molecule has 2 aromatic carbocycles. The summed E-state index contributed by atoms with van der Waals surface area (Å²) in [6, 6.07) is 17.2. The number of aromatic nitrogens is 3. The number of piperazine rings is 1. The number of carbonyl (C=O) groups is 3. The number of fused-ring (bicyclic) bond motifs is 4. The van der Waals surface area contributed by atoms with E-state index in [1.807, 2.05) is 71.3 Å². The predicted molar refractivity (Wildman–Crippen MR) is 141 cm³/mol. The first-order chi connectivity index (χ1) is 17.9. The molecule has 2 aliphatic rings. The van der Waals surface area contributed by atoms with Gasteiger partial charge >= 0.3 is 0 Å². The van der Waals surface area contributed by atoms with E-state index < -0.39 is 0 Å². The lowest BCUT2D eigenvalue weighted by molar-refractivity contribution is -0.139. The number of carbonyl (C=O) groups excluding carboxylic acids is 3. The van der Waals surface area contributed by atoms with Crippen LogP contribution in [0.25, 0.3) is 21.9 Å². The molecule has 2 N–H and O–H groups in total. The largest absolute Gasteiger partial charge is 0.352 e. The van der Waals surface area contributed by atoms with Crippen molar-refractivity contribution in [1.82, 2.24) is 24.8 Å². The Bertz CT molecular complexity index is 1440. The minimum atomic E-state index is -0.386. The van der Waals surface area contributed by atoms with E-state index in [0.29, 0.717) is 24.6 Å². The average Bonchev–Trinajstić information content (AvgIpc) is 3.71. The van der Waals surface area contributed by atoms with Gasteiger partial charge in [0.15, 0.2) is 11.6 Å². The number of likely N-dealkylation sites (tertiary alicyclic amines) is 2. The van der Waals surface area contributed by atoms with Crippen LogP contribution in [0.15, 0.2) is 54.6 Å². The quantitative estimate of drug-likeness (QED) is 0.369. The summed E-state index contributed by atoms with van der Waals surface area (Å²) in [5.74, 6) is -0.102. The Morgan fingerprint density at radius 1 is 0.973 bits per heavy atom. The van der Waals surface area contributed by atoms with Crippen LogP contribution in [0.3, 0.4) is 0 Å². The fraction of sp³-hybridized carbons (Fsp3) is 0.379. The minimum absolute atomic E-state index is 0.0273. The van der Waals surface area contributed by atoms with Crippen LogP contribution in [0, 0.1) is 11.8 Å². The first-order valence-corrected chi connectivity index (χ1v) is 13.1. The number of Topliss-reactive ketones (excluding diaryl/α,β-unsaturated/α-hetero) is 1. The molecule has 2 aliphatic heterocycles. The monoisotopic (exact) mass is 497 g/mol. The molecule has 4 aromatic rings. The number of hydrogen-bond acceptors (Lipinski definition) is 4. The number of rotatable bonds is 7. The molecule has 190 valence electrons. The molecule has 4 heterocycles. The Morgan fingerprint density at radius 3 is 2.38 bits per heavy atom. The molecule has 0 unspecified atom stereocenters. The number of ketones is 1. The standard InChI is InChI=1S/C29H31N5O3/c1-3-17(2)21(14-26(35)25-12-18-8-4-5-9-22(18)30-25)28(36)33-15-20-13-19(33)16-34(20)29(37)27-31-23-10-6-7-11-24(23)32-27/h4-12,17,19-21,30H,3,13-16H2,1-2H3,(H,31,32)/t17-,19-,20-,21-/m0/s1. The van der Waals surface area contributed by atoms with Gasteiger partial charge in [0.25, 0.3) is 5.91 Å². The van der Waals surface area contributed by atoms with Crippen LogP contribution in [0.4, 0.5) is 0 Å². The Labute approximate surface area is 215 Å². The second kappa shape index (κ2) is 9.18. The van der Waals surface area contributed by atoms with Crippen molar-refractivity contribution in [2.45, 2.75) is 45.2 Å². The molecule has 2 fully saturated rings. The lowest BCUT2D eigenvalue weighted by atomic mass is 9.85. The minimum Gasteiger partial charge on any atom is -0.352 e. The molecule has 2 bridgehead atoms. The topological polar surface area (TPSA) is 102 Å². The molecular weight excluding hydrogens is 466 g/mol. The van der Waals surface area contributed by atoms with Crippen molar-refractivity contribution in [3.63, 3.8) is 0 Å². The maximum atomic E-state index is 13.8. The first kappa shape index (κ1) is 23.5. The highest BCUT2D eigenvalue weighted by atomic mass is 16.2. The normalized spacial score (nSPS) is 20.6. The van der Waals surface area contributed by atoms with Gasteiger partial charge in [0.2, 0.25) is 5.91 Å². The van der Waals surface area contributed by atoms with Gasteiger partial charge in [-0.3, -0.25) is 14.4 Å². The van der Waals surface area contributed by atoms with Crippen LogP contribution in [-0.4, -0.2) is 67.5 Å². The molecule has 4 atom stereocenters. The van der Waals surface area contributed by atoms with Crippen molar-refractivity contribution in [2.75, 3.05) is 13.1 Å². The number of aromatic amines is 2. The van der Waals surface area contributed by atoms with E-state index in [1.54, 1.807) is 0 Å². The van der Waals surface area contributed by atoms with Crippen LogP contribution < -0.4 is 0 Å². The Balaban J connectivity index is 1.16. The number of imidazole rings is 1. The molecule has 37 heavy (non-hydrogen) atoms. The van der Waals surface area contributed by atoms with Crippen molar-refractivity contribution >= 4 is 39.5 Å². The number of H-pyrrole nitrogens is 2. The fourth-order valence-corrected chi connectivity index (χ4v) is 5.94. The average molecular weight is 498 g/mol. The second-order valence-corrected chi connectivity index (χ2v) is 10.5. The fourth-order valence-electron chi connectivity index (χ4n) is 5.94. The van der Waals surface area contributed by atoms with Gasteiger partial charge in [0, 0.05) is 36.3 Å². The highest BCUT2D eigenvalue weighted by molar-refractivity contribution is 6.01. The SMILES string of the molecule is CC[C@H](C)[C@H](CC(=O)c1cc2ccccc2[nH]1)C(=O)N1C[C@@H]2C[C@H]1CN2C(=O)c1nc2ccccc2[nH]1. The van der Waals surface area contributed by atoms with E-state index >= 15 is 0 Å². The molecule has 8 heteroatoms. The summed E-state index contributed by atoms with van der Waals surface area (Å²) >= 11 is 0. The van der Waals surface area contributed by atoms with E-state index in [1.165, 1.54) is 0 Å². The Hall–Kier alpha value is -3.94. The maximum absolute atomic E-state index is 13.8. The lowest BCUT2D eigenvalue weighted by Gasteiger charge is -2.36. The molecule has 2 saturated heterocycles. The van der Waals surface area contributed by atoms with Gasteiger partial charge in [-0.05, 0) is 36.6 Å². The molecule has 0 spiro atoms. The van der Waals surface area contributed by atoms with Crippen molar-refractivity contribution in [1.29, 1.82) is 0 Å². The summed E-state index contributed by atoms with van der Waals surface area (Å²) in [6.07, 6.45) is 1.76. The summed E-state index contributed by atoms with van der Waals surface area (Å²) in [6.45, 7) is 5.10. The van der Waals surface area contributed by atoms with E-state index in [0.717, 1.165) is 34.8 Å². The van der Waals surface area contributed by atoms with E-state index in [2.05, 4.69) is 21.9 Å². The third kappa shape index (κ3) is 4.10. The number of benzene rings is 2. The number of nitrogens with one attached hydrogen (secondary N) is 2. The third-order valence-corrected chi connectivity index (χ3v) is 8.26. The van der Waals surface area contributed by atoms with Crippen LogP contribution >= 0.6 is 0 Å². The third-order valence-electron chi connectivity index (χ3n) is 8.26. The summed E-state index contributed by atoms with van der Waals surface area (Å²) < 4.78 is 0. The molecule has 0 aliphatic carbocycles. The van der Waals surface area contributed by atoms with Gasteiger partial charge in [-0.15, -0.1) is 0 Å². The molecule has 6 rings (SSSR count). The number of amides is 2. The maximum Gasteiger partial charge on any atom is 0.290 e. The van der Waals surface area contributed by atoms with E-state index in [-0.39, 0.29) is 47.9 Å². The van der Waals surface area contributed by atoms with Crippen molar-refractivity contribution < 1.29 is 14.4 Å². The molecule has 2 amide bonds. The van der Waals surface area contributed by atoms with Gasteiger partial charge < -0.3 is 19.8 Å². The summed E-state index contributed by atoms with van der Waals surface area (Å²) in [4.78, 5) is 54.8. The Kier molecular flexibility index (Phi) is 5.82. The van der Waals surface area contributed by atoms with Crippen molar-refractivity contribution in [3.8, 4) is 0 Å². The molecule has 8 nitrogen and oxygen atoms in total. The number of para-hydroxylation sites is 3. The summed E-state index contributed by atoms with van der Waals surface area (Å²) in [5.41, 5.74) is 3.07. The van der Waals surface area contributed by atoms with Gasteiger partial charge in [-0.25, -0.2) is 4.98 Å². The van der Waals surface area contributed by atoms with Gasteiger partial charge in [-0.1, -0.05) is 50.6 Å². The summed E-state index contributed by atoms with van der Waals surface area (Å²) in [7, 11) is 0. The zero-order valence-electron chi connectivity index (χ0n) is 21.1. The molecule has 2 aromatic heterocycles. The molecule has 0 radical (unpaired) electrons. The van der Waals surface area contributed by atoms with Crippen LogP contribution in [0.1, 0.15) is 54.2 Å². The summed E-state index contributed by atoms with van der Waals surface area (Å²) in [5, 5.41) is 0.989. The van der Waals surface area contributed by atoms with Gasteiger partial charge in [0.05, 0.1) is 28.8 Å². The van der Waals surface area contributed by atoms with Crippen LogP contribution in [0.5, 0.6) is 0 Å². The Morgan fingerprint density at radius 2 is 1.68 bits per heavy atom. The lowest BCUT2D eigenvalue weighted by Crippen LogP contribution is -2.52. The first-order valence-electron chi connectivity index (χ1n) is 13.1. The highest BCUT2D eigenvalue weighted by Gasteiger charge is 2.49. The second-order valence-electron chi connectivity index (χ2n) is 10.5. The van der Waals surface area contributed by atoms with E-state index in [9.17, 15) is 14.4 Å². The van der Waals surface area contributed by atoms with Gasteiger partial charge in [-0.2, -0.15) is 0 Å². The number of nitrogens with zero attached hydrogens (tertiary/aromatic N) is 3. The van der Waals surface area contributed by atoms with Crippen molar-refractivity contribution in [3.05, 3.63) is 66.1 Å². The highest BCUT2D eigenvalue weighted by Crippen LogP contribution is 2.35. The molecular formula is C29H31N5O3. The smallest absolute Gasteiger partial charge is 0.290 e. The zero-order chi connectivity index (χ0) is 25.7. The molecule has 0 saturated carbocycles. The predicted octanol–water partition coefficient (Wildman–Crippen LogP) is 4.40. The number of hydrogen-bond donors (Lipinski definition) is 2. The van der Waals surface area contributed by atoms with Crippen LogP contribution in [0.2, 0.25) is 0 Å². The van der Waals surface area contributed by atoms with Gasteiger partial charge in [0.1, 0.15) is 0 Å². The van der Waals surface area contributed by atoms with E-state index in [4.69, 9.17) is 0 Å². The van der Waals surface area contributed by atoms with Crippen LogP contribution in [-0.2, 0) is 4.79 Å². The zero-order valence-corrected chi connectivity index (χ0v) is 21.1. The van der Waals surface area contributed by atoms with Crippen molar-refractivity contribution in [2.24, 2.45) is 11.8 Å².